The first-order chi connectivity index (χ1) is 15.2. The number of hydrogen-bond donors (Lipinski definition) is 3. The Morgan fingerprint density at radius 1 is 1.03 bits per heavy atom. The molecule has 0 radical (unpaired) electrons. The van der Waals surface area contributed by atoms with Crippen molar-refractivity contribution in [2.75, 3.05) is 36.4 Å². The number of nitrogens with one attached hydrogen (secondary N) is 3. The molecule has 8 heteroatoms. The first kappa shape index (κ1) is 19.4. The molecule has 0 saturated carbocycles. The Kier molecular flexibility index (Phi) is 5.21. The highest BCUT2D eigenvalue weighted by atomic mass is 16.5. The third-order valence-electron chi connectivity index (χ3n) is 5.70. The maximum Gasteiger partial charge on any atom is 0.226 e. The predicted octanol–water partition coefficient (Wildman–Crippen LogP) is 3.49. The normalized spacial score (nSPS) is 16.5. The van der Waals surface area contributed by atoms with E-state index in [0.29, 0.717) is 12.5 Å². The molecule has 1 aromatic heterocycles. The molecule has 0 aliphatic carbocycles. The van der Waals surface area contributed by atoms with Gasteiger partial charge in [-0.15, -0.1) is 0 Å². The van der Waals surface area contributed by atoms with Crippen LogP contribution in [-0.4, -0.2) is 30.7 Å². The summed E-state index contributed by atoms with van der Waals surface area (Å²) < 4.78 is 10.7. The van der Waals surface area contributed by atoms with Gasteiger partial charge in [-0.1, -0.05) is 30.3 Å². The number of hydrazine groups is 1. The Hall–Kier alpha value is -3.52. The molecule has 2 aliphatic rings. The van der Waals surface area contributed by atoms with Gasteiger partial charge >= 0.3 is 0 Å². The van der Waals surface area contributed by atoms with E-state index in [0.717, 1.165) is 53.8 Å². The summed E-state index contributed by atoms with van der Waals surface area (Å²) >= 11 is 0. The second kappa shape index (κ2) is 8.31. The third-order valence-corrected chi connectivity index (χ3v) is 5.70. The lowest BCUT2D eigenvalue weighted by Crippen LogP contribution is -2.34. The van der Waals surface area contributed by atoms with Gasteiger partial charge in [0.15, 0.2) is 5.82 Å². The molecule has 1 atom stereocenters. The van der Waals surface area contributed by atoms with Crippen LogP contribution in [0.2, 0.25) is 0 Å². The van der Waals surface area contributed by atoms with Crippen LogP contribution in [0, 0.1) is 0 Å². The van der Waals surface area contributed by atoms with Crippen molar-refractivity contribution in [2.24, 2.45) is 0 Å². The highest BCUT2D eigenvalue weighted by Gasteiger charge is 2.34. The zero-order chi connectivity index (χ0) is 21.2. The minimum atomic E-state index is 0.244. The fourth-order valence-corrected chi connectivity index (χ4v) is 4.14. The highest BCUT2D eigenvalue weighted by Crippen LogP contribution is 2.41. The van der Waals surface area contributed by atoms with Gasteiger partial charge in [0.25, 0.3) is 0 Å². The van der Waals surface area contributed by atoms with Crippen LogP contribution in [0.15, 0.2) is 48.5 Å². The molecule has 160 valence electrons. The van der Waals surface area contributed by atoms with Gasteiger partial charge in [-0.25, -0.2) is 5.43 Å². The summed E-state index contributed by atoms with van der Waals surface area (Å²) in [7, 11) is 3.30. The molecule has 8 nitrogen and oxygen atoms in total. The second-order valence-corrected chi connectivity index (χ2v) is 7.73. The first-order valence-electron chi connectivity index (χ1n) is 10.4. The van der Waals surface area contributed by atoms with Gasteiger partial charge in [-0.3, -0.25) is 0 Å². The summed E-state index contributed by atoms with van der Waals surface area (Å²) in [6.45, 7) is 2.31. The largest absolute Gasteiger partial charge is 0.497 e. The van der Waals surface area contributed by atoms with Crippen LogP contribution in [0.25, 0.3) is 0 Å². The Balaban J connectivity index is 1.41. The third kappa shape index (κ3) is 3.94. The van der Waals surface area contributed by atoms with Crippen molar-refractivity contribution in [3.05, 3.63) is 65.2 Å². The van der Waals surface area contributed by atoms with E-state index < -0.39 is 0 Å². The average Bonchev–Trinajstić information content (AvgIpc) is 3.23. The summed E-state index contributed by atoms with van der Waals surface area (Å²) in [6.07, 6.45) is 1.01. The number of benzene rings is 2. The molecule has 3 aromatic rings. The summed E-state index contributed by atoms with van der Waals surface area (Å²) in [4.78, 5) is 11.9. The highest BCUT2D eigenvalue weighted by molar-refractivity contribution is 5.67. The van der Waals surface area contributed by atoms with Gasteiger partial charge in [-0.05, 0) is 29.7 Å². The molecule has 2 aliphatic heterocycles. The molecule has 31 heavy (non-hydrogen) atoms. The number of rotatable bonds is 7. The first-order valence-corrected chi connectivity index (χ1v) is 10.4. The fourth-order valence-electron chi connectivity index (χ4n) is 4.14. The van der Waals surface area contributed by atoms with Crippen LogP contribution >= 0.6 is 0 Å². The summed E-state index contributed by atoms with van der Waals surface area (Å²) in [5.41, 5.74) is 10.0. The second-order valence-electron chi connectivity index (χ2n) is 7.73. The molecule has 0 fully saturated rings. The Labute approximate surface area is 181 Å². The van der Waals surface area contributed by atoms with Gasteiger partial charge in [-0.2, -0.15) is 9.97 Å². The summed E-state index contributed by atoms with van der Waals surface area (Å²) in [6, 6.07) is 16.6. The number of anilines is 3. The summed E-state index contributed by atoms with van der Waals surface area (Å²) in [5.74, 6) is 3.92. The lowest BCUT2D eigenvalue weighted by molar-refractivity contribution is 0.393. The molecular weight excluding hydrogens is 392 g/mol. The number of ether oxygens (including phenoxy) is 2. The van der Waals surface area contributed by atoms with Crippen molar-refractivity contribution in [3.8, 4) is 11.5 Å². The SMILES string of the molecule is COc1cc(CNc2nc3c4c(n2)N(Cc2ccccc2)CCC4NN3)cc(OC)c1. The van der Waals surface area contributed by atoms with E-state index in [2.05, 4.69) is 45.3 Å². The molecule has 2 aromatic carbocycles. The molecule has 0 amide bonds. The molecule has 3 N–H and O–H groups in total. The van der Waals surface area contributed by atoms with Gasteiger partial charge in [0.2, 0.25) is 5.95 Å². The minimum absolute atomic E-state index is 0.244. The van der Waals surface area contributed by atoms with Gasteiger partial charge in [0, 0.05) is 25.7 Å². The quantitative estimate of drug-likeness (QED) is 0.538. The van der Waals surface area contributed by atoms with Crippen molar-refractivity contribution in [1.82, 2.24) is 15.4 Å². The van der Waals surface area contributed by atoms with E-state index in [4.69, 9.17) is 19.4 Å². The van der Waals surface area contributed by atoms with E-state index in [1.54, 1.807) is 14.2 Å². The standard InChI is InChI=1S/C23H26N6O2/c1-30-17-10-16(11-18(12-17)31-2)13-24-23-25-21-20-19(27-28-21)8-9-29(22(20)26-23)14-15-6-4-3-5-7-15/h3-7,10-12,19,27H,8-9,13-14H2,1-2H3,(H2,24,25,26,28). The van der Waals surface area contributed by atoms with E-state index in [-0.39, 0.29) is 6.04 Å². The van der Waals surface area contributed by atoms with Crippen molar-refractivity contribution >= 4 is 17.6 Å². The molecule has 5 rings (SSSR count). The smallest absolute Gasteiger partial charge is 0.226 e. The molecule has 0 bridgehead atoms. The number of methoxy groups -OCH3 is 2. The number of aromatic nitrogens is 2. The average molecular weight is 419 g/mol. The fraction of sp³-hybridized carbons (Fsp3) is 0.304. The predicted molar refractivity (Wildman–Crippen MR) is 121 cm³/mol. The minimum Gasteiger partial charge on any atom is -0.497 e. The zero-order valence-corrected chi connectivity index (χ0v) is 17.7. The maximum absolute atomic E-state index is 5.37. The number of hydrogen-bond acceptors (Lipinski definition) is 8. The van der Waals surface area contributed by atoms with Gasteiger partial charge in [0.1, 0.15) is 17.3 Å². The van der Waals surface area contributed by atoms with Crippen molar-refractivity contribution in [3.63, 3.8) is 0 Å². The van der Waals surface area contributed by atoms with Crippen LogP contribution in [0.1, 0.15) is 29.2 Å². The van der Waals surface area contributed by atoms with Crippen molar-refractivity contribution in [2.45, 2.75) is 25.6 Å². The lowest BCUT2D eigenvalue weighted by atomic mass is 10.0. The Morgan fingerprint density at radius 2 is 1.81 bits per heavy atom. The van der Waals surface area contributed by atoms with Crippen LogP contribution in [-0.2, 0) is 13.1 Å². The molecular formula is C23H26N6O2. The Morgan fingerprint density at radius 3 is 2.55 bits per heavy atom. The monoisotopic (exact) mass is 418 g/mol. The Bertz CT molecular complexity index is 1050. The molecule has 1 unspecified atom stereocenters. The lowest BCUT2D eigenvalue weighted by Gasteiger charge is -2.32. The van der Waals surface area contributed by atoms with E-state index in [1.807, 2.05) is 24.3 Å². The maximum atomic E-state index is 5.37. The van der Waals surface area contributed by atoms with E-state index in [9.17, 15) is 0 Å². The van der Waals surface area contributed by atoms with Crippen LogP contribution in [0.3, 0.4) is 0 Å². The van der Waals surface area contributed by atoms with E-state index in [1.165, 1.54) is 5.56 Å². The molecule has 0 spiro atoms. The van der Waals surface area contributed by atoms with Crippen LogP contribution < -0.4 is 30.5 Å². The summed E-state index contributed by atoms with van der Waals surface area (Å²) in [5, 5.41) is 3.36. The zero-order valence-electron chi connectivity index (χ0n) is 17.7. The van der Waals surface area contributed by atoms with Crippen molar-refractivity contribution in [1.29, 1.82) is 0 Å². The topological polar surface area (TPSA) is 83.6 Å². The molecule has 0 saturated heterocycles. The van der Waals surface area contributed by atoms with Gasteiger partial charge in [0.05, 0.1) is 25.8 Å². The van der Waals surface area contributed by atoms with Crippen LogP contribution in [0.4, 0.5) is 17.6 Å². The van der Waals surface area contributed by atoms with Crippen LogP contribution in [0.5, 0.6) is 11.5 Å². The molecule has 3 heterocycles. The van der Waals surface area contributed by atoms with Crippen molar-refractivity contribution < 1.29 is 9.47 Å². The van der Waals surface area contributed by atoms with E-state index >= 15 is 0 Å². The number of nitrogens with zero attached hydrogens (tertiary/aromatic N) is 3. The van der Waals surface area contributed by atoms with Gasteiger partial charge < -0.3 is 25.1 Å².